The van der Waals surface area contributed by atoms with E-state index in [4.69, 9.17) is 9.47 Å². The highest BCUT2D eigenvalue weighted by molar-refractivity contribution is 6.02. The van der Waals surface area contributed by atoms with Gasteiger partial charge in [0.15, 0.2) is 11.5 Å². The third-order valence-corrected chi connectivity index (χ3v) is 6.95. The highest BCUT2D eigenvalue weighted by atomic mass is 19.4. The van der Waals surface area contributed by atoms with Gasteiger partial charge in [-0.25, -0.2) is 0 Å². The molecular formula is C29H29F3N4O5. The number of fused-ring (bicyclic) bond motifs is 1. The highest BCUT2D eigenvalue weighted by Gasteiger charge is 2.31. The monoisotopic (exact) mass is 570 g/mol. The van der Waals surface area contributed by atoms with Crippen LogP contribution in [0.2, 0.25) is 0 Å². The fourth-order valence-corrected chi connectivity index (χ4v) is 4.78. The number of aliphatic hydroxyl groups is 1. The van der Waals surface area contributed by atoms with Gasteiger partial charge in [0.25, 0.3) is 5.91 Å². The number of ether oxygens (including phenoxy) is 2. The van der Waals surface area contributed by atoms with Gasteiger partial charge in [0.05, 0.1) is 23.4 Å². The number of anilines is 2. The second-order valence-electron chi connectivity index (χ2n) is 9.75. The Kier molecular flexibility index (Phi) is 8.31. The summed E-state index contributed by atoms with van der Waals surface area (Å²) in [6, 6.07) is 15.5. The van der Waals surface area contributed by atoms with Crippen molar-refractivity contribution in [3.05, 3.63) is 83.4 Å². The third-order valence-electron chi connectivity index (χ3n) is 6.95. The van der Waals surface area contributed by atoms with Gasteiger partial charge in [-0.2, -0.15) is 13.2 Å². The minimum atomic E-state index is -4.51. The van der Waals surface area contributed by atoms with Crippen LogP contribution in [0.5, 0.6) is 11.5 Å². The number of halogens is 3. The van der Waals surface area contributed by atoms with E-state index < -0.39 is 36.2 Å². The van der Waals surface area contributed by atoms with Crippen LogP contribution in [0.1, 0.15) is 21.5 Å². The molecule has 1 unspecified atom stereocenters. The summed E-state index contributed by atoms with van der Waals surface area (Å²) in [7, 11) is 0. The van der Waals surface area contributed by atoms with E-state index in [2.05, 4.69) is 15.5 Å². The van der Waals surface area contributed by atoms with E-state index in [-0.39, 0.29) is 23.7 Å². The predicted octanol–water partition coefficient (Wildman–Crippen LogP) is 3.61. The molecule has 5 rings (SSSR count). The zero-order valence-electron chi connectivity index (χ0n) is 22.0. The number of piperazine rings is 1. The maximum absolute atomic E-state index is 13.2. The van der Waals surface area contributed by atoms with Crippen molar-refractivity contribution in [2.45, 2.75) is 18.8 Å². The van der Waals surface area contributed by atoms with Crippen LogP contribution in [0, 0.1) is 0 Å². The molecule has 3 N–H and O–H groups in total. The average molecular weight is 571 g/mol. The Morgan fingerprint density at radius 1 is 0.927 bits per heavy atom. The minimum absolute atomic E-state index is 0.115. The molecule has 12 heteroatoms. The van der Waals surface area contributed by atoms with Crippen molar-refractivity contribution < 1.29 is 37.3 Å². The van der Waals surface area contributed by atoms with Gasteiger partial charge in [-0.1, -0.05) is 24.3 Å². The molecule has 216 valence electrons. The zero-order chi connectivity index (χ0) is 29.0. The smallest absolute Gasteiger partial charge is 0.416 e. The average Bonchev–Trinajstić information content (AvgIpc) is 3.44. The summed E-state index contributed by atoms with van der Waals surface area (Å²) in [4.78, 5) is 30.1. The molecule has 41 heavy (non-hydrogen) atoms. The summed E-state index contributed by atoms with van der Waals surface area (Å²) in [5.74, 6) is 0.376. The Balaban J connectivity index is 1.18. The fourth-order valence-electron chi connectivity index (χ4n) is 4.78. The summed E-state index contributed by atoms with van der Waals surface area (Å²) in [6.45, 7) is 2.33. The summed E-state index contributed by atoms with van der Waals surface area (Å²) in [6.07, 6.45) is -4.51. The number of aliphatic hydroxyl groups excluding tert-OH is 1. The van der Waals surface area contributed by atoms with E-state index in [1.165, 1.54) is 18.2 Å². The molecule has 1 saturated heterocycles. The number of nitrogens with one attached hydrogen (secondary N) is 2. The van der Waals surface area contributed by atoms with Crippen LogP contribution in [0.15, 0.2) is 66.7 Å². The van der Waals surface area contributed by atoms with Crippen molar-refractivity contribution in [2.75, 3.05) is 44.9 Å². The number of benzene rings is 3. The van der Waals surface area contributed by atoms with Crippen molar-refractivity contribution >= 4 is 23.2 Å². The molecule has 0 spiro atoms. The lowest BCUT2D eigenvalue weighted by atomic mass is 10.1. The van der Waals surface area contributed by atoms with Crippen LogP contribution in [-0.4, -0.2) is 72.3 Å². The number of hydrogen-bond donors (Lipinski definition) is 3. The van der Waals surface area contributed by atoms with Crippen LogP contribution >= 0.6 is 0 Å². The van der Waals surface area contributed by atoms with E-state index in [1.807, 2.05) is 18.2 Å². The van der Waals surface area contributed by atoms with Crippen LogP contribution in [0.25, 0.3) is 0 Å². The number of carbonyl (C=O) groups is 2. The second-order valence-corrected chi connectivity index (χ2v) is 9.75. The normalized spacial score (nSPS) is 15.9. The first-order valence-electron chi connectivity index (χ1n) is 13.1. The first kappa shape index (κ1) is 28.2. The molecule has 1 atom stereocenters. The van der Waals surface area contributed by atoms with E-state index >= 15 is 0 Å². The molecule has 1 fully saturated rings. The molecule has 0 aromatic heterocycles. The lowest BCUT2D eigenvalue weighted by molar-refractivity contribution is -0.137. The largest absolute Gasteiger partial charge is 0.454 e. The molecule has 0 bridgehead atoms. The Morgan fingerprint density at radius 2 is 1.68 bits per heavy atom. The molecule has 0 radical (unpaired) electrons. The number of hydrogen-bond acceptors (Lipinski definition) is 7. The van der Waals surface area contributed by atoms with Crippen molar-refractivity contribution in [2.24, 2.45) is 0 Å². The number of nitrogens with zero attached hydrogens (tertiary/aromatic N) is 2. The summed E-state index contributed by atoms with van der Waals surface area (Å²) in [5.41, 5.74) is 0.752. The number of amides is 2. The Morgan fingerprint density at radius 3 is 2.44 bits per heavy atom. The molecular weight excluding hydrogens is 541 g/mol. The first-order chi connectivity index (χ1) is 19.7. The lowest BCUT2D eigenvalue weighted by Crippen LogP contribution is -2.55. The fraction of sp³-hybridized carbons (Fsp3) is 0.310. The zero-order valence-corrected chi connectivity index (χ0v) is 22.0. The van der Waals surface area contributed by atoms with Gasteiger partial charge in [0.1, 0.15) is 6.04 Å². The minimum Gasteiger partial charge on any atom is -0.454 e. The molecule has 2 heterocycles. The van der Waals surface area contributed by atoms with Crippen LogP contribution in [0.3, 0.4) is 0 Å². The lowest BCUT2D eigenvalue weighted by Gasteiger charge is -2.36. The van der Waals surface area contributed by atoms with Gasteiger partial charge in [-0.05, 0) is 48.0 Å². The van der Waals surface area contributed by atoms with E-state index in [0.717, 1.165) is 23.4 Å². The molecule has 3 aromatic carbocycles. The number of carbonyl (C=O) groups excluding carboxylic acids is 2. The predicted molar refractivity (Wildman–Crippen MR) is 144 cm³/mol. The third kappa shape index (κ3) is 6.72. The van der Waals surface area contributed by atoms with E-state index in [1.54, 1.807) is 23.1 Å². The molecule has 3 aromatic rings. The van der Waals surface area contributed by atoms with Crippen LogP contribution in [0.4, 0.5) is 24.5 Å². The first-order valence-corrected chi connectivity index (χ1v) is 13.1. The van der Waals surface area contributed by atoms with Gasteiger partial charge < -0.3 is 30.1 Å². The Hall–Kier alpha value is -4.29. The van der Waals surface area contributed by atoms with Crippen molar-refractivity contribution in [3.63, 3.8) is 0 Å². The molecule has 9 nitrogen and oxygen atoms in total. The van der Waals surface area contributed by atoms with Gasteiger partial charge in [-0.3, -0.25) is 14.5 Å². The maximum atomic E-state index is 13.2. The van der Waals surface area contributed by atoms with E-state index in [0.29, 0.717) is 38.5 Å². The van der Waals surface area contributed by atoms with Gasteiger partial charge in [0, 0.05) is 38.4 Å². The summed E-state index contributed by atoms with van der Waals surface area (Å²) >= 11 is 0. The van der Waals surface area contributed by atoms with Crippen molar-refractivity contribution in [1.82, 2.24) is 15.1 Å². The van der Waals surface area contributed by atoms with Gasteiger partial charge >= 0.3 is 6.18 Å². The number of alkyl halides is 3. The standard InChI is InChI=1S/C29H29F3N4O5/c30-29(31,32)20-4-3-5-21(15-20)33-23-7-2-1-6-22(23)27(38)34-24(17-37)28(39)36-12-10-35(11-13-36)16-19-8-9-25-26(14-19)41-18-40-25/h1-9,14-15,24,33,37H,10-13,16-18H2,(H,34,38). The highest BCUT2D eigenvalue weighted by Crippen LogP contribution is 2.33. The topological polar surface area (TPSA) is 103 Å². The van der Waals surface area contributed by atoms with Crippen LogP contribution < -0.4 is 20.1 Å². The van der Waals surface area contributed by atoms with Gasteiger partial charge in [0.2, 0.25) is 12.7 Å². The second kappa shape index (κ2) is 12.1. The molecule has 2 aliphatic heterocycles. The Labute approximate surface area is 234 Å². The summed E-state index contributed by atoms with van der Waals surface area (Å²) < 4.78 is 50.2. The Bertz CT molecular complexity index is 1410. The van der Waals surface area contributed by atoms with Gasteiger partial charge in [-0.15, -0.1) is 0 Å². The molecule has 0 saturated carbocycles. The maximum Gasteiger partial charge on any atom is 0.416 e. The number of rotatable bonds is 8. The molecule has 2 amide bonds. The molecule has 0 aliphatic carbocycles. The summed E-state index contributed by atoms with van der Waals surface area (Å²) in [5, 5.41) is 15.4. The molecule has 2 aliphatic rings. The van der Waals surface area contributed by atoms with Crippen LogP contribution in [-0.2, 0) is 17.5 Å². The van der Waals surface area contributed by atoms with Crippen molar-refractivity contribution in [1.29, 1.82) is 0 Å². The van der Waals surface area contributed by atoms with E-state index in [9.17, 15) is 27.9 Å². The van der Waals surface area contributed by atoms with Crippen molar-refractivity contribution in [3.8, 4) is 11.5 Å². The number of para-hydroxylation sites is 1. The SMILES string of the molecule is O=C(NC(CO)C(=O)N1CCN(Cc2ccc3c(c2)OCO3)CC1)c1ccccc1Nc1cccc(C(F)(F)F)c1. The quantitative estimate of drug-likeness (QED) is 0.380.